The molecule has 2 aromatic heterocycles. The lowest BCUT2D eigenvalue weighted by Gasteiger charge is -2.05. The average molecular weight is 324 g/mol. The van der Waals surface area contributed by atoms with Crippen LogP contribution in [0, 0.1) is 6.92 Å². The molecule has 0 aliphatic rings. The normalized spacial score (nSPS) is 10.2. The minimum atomic E-state index is -1.10. The molecule has 0 aliphatic carbocycles. The summed E-state index contributed by atoms with van der Waals surface area (Å²) in [6, 6.07) is 3.21. The molecule has 0 saturated carbocycles. The molecule has 0 radical (unpaired) electrons. The maximum atomic E-state index is 12.0. The number of amides is 1. The van der Waals surface area contributed by atoms with Gasteiger partial charge in [0, 0.05) is 18.1 Å². The van der Waals surface area contributed by atoms with Crippen LogP contribution in [0.2, 0.25) is 0 Å². The molecule has 3 N–H and O–H groups in total. The molecule has 0 spiro atoms. The summed E-state index contributed by atoms with van der Waals surface area (Å²) in [6.07, 6.45) is 2.99. The van der Waals surface area contributed by atoms with Crippen molar-refractivity contribution >= 4 is 33.5 Å². The summed E-state index contributed by atoms with van der Waals surface area (Å²) in [6.45, 7) is 1.62. The summed E-state index contributed by atoms with van der Waals surface area (Å²) >= 11 is 3.17. The van der Waals surface area contributed by atoms with E-state index in [1.165, 1.54) is 6.20 Å². The van der Waals surface area contributed by atoms with Gasteiger partial charge in [-0.25, -0.2) is 9.78 Å². The molecule has 98 valence electrons. The maximum absolute atomic E-state index is 12.0. The molecule has 6 nitrogen and oxygen atoms in total. The third kappa shape index (κ3) is 2.65. The number of H-pyrrole nitrogens is 1. The Bertz CT molecular complexity index is 651. The molecule has 7 heteroatoms. The van der Waals surface area contributed by atoms with E-state index in [1.807, 2.05) is 0 Å². The number of anilines is 1. The molecule has 2 heterocycles. The molecule has 2 rings (SSSR count). The number of aryl methyl sites for hydroxylation is 1. The molecule has 2 aromatic rings. The molecular weight excluding hydrogens is 314 g/mol. The Morgan fingerprint density at radius 2 is 2.21 bits per heavy atom. The van der Waals surface area contributed by atoms with Gasteiger partial charge in [0.1, 0.15) is 10.2 Å². The van der Waals surface area contributed by atoms with E-state index in [9.17, 15) is 9.59 Å². The largest absolute Gasteiger partial charge is 0.478 e. The molecular formula is C12H10BrN3O3. The highest BCUT2D eigenvalue weighted by atomic mass is 79.9. The van der Waals surface area contributed by atoms with Gasteiger partial charge in [0.05, 0.1) is 11.3 Å². The topological polar surface area (TPSA) is 95.1 Å². The van der Waals surface area contributed by atoms with Gasteiger partial charge in [0.2, 0.25) is 0 Å². The molecule has 1 amide bonds. The van der Waals surface area contributed by atoms with Gasteiger partial charge in [0.15, 0.2) is 0 Å². The quantitative estimate of drug-likeness (QED) is 0.756. The van der Waals surface area contributed by atoms with E-state index in [1.54, 1.807) is 25.3 Å². The lowest BCUT2D eigenvalue weighted by molar-refractivity contribution is 0.0697. The number of aromatic amines is 1. The Hall–Kier alpha value is -2.15. The zero-order valence-electron chi connectivity index (χ0n) is 9.90. The van der Waals surface area contributed by atoms with Gasteiger partial charge >= 0.3 is 5.97 Å². The molecule has 0 aliphatic heterocycles. The van der Waals surface area contributed by atoms with Crippen molar-refractivity contribution in [1.29, 1.82) is 0 Å². The average Bonchev–Trinajstić information content (AvgIpc) is 2.70. The first-order chi connectivity index (χ1) is 9.00. The number of aromatic carboxylic acids is 1. The number of pyridine rings is 1. The zero-order valence-corrected chi connectivity index (χ0v) is 11.5. The van der Waals surface area contributed by atoms with Gasteiger partial charge < -0.3 is 15.4 Å². The van der Waals surface area contributed by atoms with Crippen LogP contribution in [0.15, 0.2) is 29.1 Å². The van der Waals surface area contributed by atoms with Crippen molar-refractivity contribution < 1.29 is 14.7 Å². The number of carbonyl (C=O) groups is 2. The van der Waals surface area contributed by atoms with Crippen molar-refractivity contribution in [3.63, 3.8) is 0 Å². The van der Waals surface area contributed by atoms with Gasteiger partial charge in [-0.3, -0.25) is 4.79 Å². The molecule has 0 aromatic carbocycles. The van der Waals surface area contributed by atoms with Crippen molar-refractivity contribution in [2.75, 3.05) is 5.32 Å². The molecule has 0 bridgehead atoms. The fraction of sp³-hybridized carbons (Fsp3) is 0.0833. The Morgan fingerprint density at radius 1 is 1.47 bits per heavy atom. The summed E-state index contributed by atoms with van der Waals surface area (Å²) < 4.78 is 0.400. The standard InChI is InChI=1S/C12H10BrN3O3/c1-6-9(12(18)19)8(5-15-6)16-11(17)7-3-2-4-14-10(7)13/h2-5,15H,1H3,(H,16,17)(H,18,19). The van der Waals surface area contributed by atoms with Crippen LogP contribution >= 0.6 is 15.9 Å². The fourth-order valence-corrected chi connectivity index (χ4v) is 2.08. The van der Waals surface area contributed by atoms with Crippen LogP contribution in [-0.2, 0) is 0 Å². The van der Waals surface area contributed by atoms with E-state index in [2.05, 4.69) is 31.2 Å². The van der Waals surface area contributed by atoms with Crippen molar-refractivity contribution in [3.8, 4) is 0 Å². The van der Waals surface area contributed by atoms with Crippen LogP contribution in [0.25, 0.3) is 0 Å². The fourth-order valence-electron chi connectivity index (χ4n) is 1.65. The number of hydrogen-bond donors (Lipinski definition) is 3. The van der Waals surface area contributed by atoms with E-state index in [4.69, 9.17) is 5.11 Å². The number of carboxylic acid groups (broad SMARTS) is 1. The first kappa shape index (κ1) is 13.3. The minimum Gasteiger partial charge on any atom is -0.478 e. The first-order valence-electron chi connectivity index (χ1n) is 5.34. The zero-order chi connectivity index (χ0) is 14.0. The number of nitrogens with zero attached hydrogens (tertiary/aromatic N) is 1. The van der Waals surface area contributed by atoms with Crippen LogP contribution in [-0.4, -0.2) is 27.0 Å². The van der Waals surface area contributed by atoms with E-state index >= 15 is 0 Å². The SMILES string of the molecule is Cc1[nH]cc(NC(=O)c2cccnc2Br)c1C(=O)O. The third-order valence-electron chi connectivity index (χ3n) is 2.54. The number of nitrogens with one attached hydrogen (secondary N) is 2. The highest BCUT2D eigenvalue weighted by molar-refractivity contribution is 9.10. The van der Waals surface area contributed by atoms with Gasteiger partial charge in [0.25, 0.3) is 5.91 Å². The van der Waals surface area contributed by atoms with Crippen LogP contribution in [0.5, 0.6) is 0 Å². The number of carbonyl (C=O) groups excluding carboxylic acids is 1. The Morgan fingerprint density at radius 3 is 2.84 bits per heavy atom. The van der Waals surface area contributed by atoms with E-state index < -0.39 is 11.9 Å². The van der Waals surface area contributed by atoms with E-state index in [-0.39, 0.29) is 11.3 Å². The monoisotopic (exact) mass is 323 g/mol. The number of carboxylic acids is 1. The molecule has 19 heavy (non-hydrogen) atoms. The summed E-state index contributed by atoms with van der Waals surface area (Å²) in [5.74, 6) is -1.53. The molecule has 0 atom stereocenters. The predicted octanol–water partition coefficient (Wildman–Crippen LogP) is 2.43. The van der Waals surface area contributed by atoms with Crippen LogP contribution < -0.4 is 5.32 Å². The number of hydrogen-bond acceptors (Lipinski definition) is 3. The number of halogens is 1. The summed E-state index contributed by atoms with van der Waals surface area (Å²) in [5.41, 5.74) is 1.09. The Balaban J connectivity index is 2.30. The second-order valence-corrected chi connectivity index (χ2v) is 4.55. The lowest BCUT2D eigenvalue weighted by atomic mass is 10.2. The smallest absolute Gasteiger partial charge is 0.339 e. The Kier molecular flexibility index (Phi) is 3.66. The van der Waals surface area contributed by atoms with Crippen molar-refractivity contribution in [3.05, 3.63) is 46.0 Å². The van der Waals surface area contributed by atoms with Crippen LogP contribution in [0.4, 0.5) is 5.69 Å². The number of aromatic nitrogens is 2. The second-order valence-electron chi connectivity index (χ2n) is 3.80. The van der Waals surface area contributed by atoms with Crippen molar-refractivity contribution in [2.24, 2.45) is 0 Å². The van der Waals surface area contributed by atoms with Gasteiger partial charge in [-0.1, -0.05) is 0 Å². The van der Waals surface area contributed by atoms with Gasteiger partial charge in [-0.2, -0.15) is 0 Å². The lowest BCUT2D eigenvalue weighted by Crippen LogP contribution is -2.15. The minimum absolute atomic E-state index is 0.0494. The molecule has 0 saturated heterocycles. The molecule has 0 unspecified atom stereocenters. The third-order valence-corrected chi connectivity index (χ3v) is 3.18. The van der Waals surface area contributed by atoms with Crippen molar-refractivity contribution in [1.82, 2.24) is 9.97 Å². The molecule has 0 fully saturated rings. The van der Waals surface area contributed by atoms with Crippen LogP contribution in [0.3, 0.4) is 0 Å². The van der Waals surface area contributed by atoms with Crippen molar-refractivity contribution in [2.45, 2.75) is 6.92 Å². The summed E-state index contributed by atoms with van der Waals surface area (Å²) in [5, 5.41) is 11.6. The first-order valence-corrected chi connectivity index (χ1v) is 6.13. The highest BCUT2D eigenvalue weighted by Crippen LogP contribution is 2.21. The Labute approximate surface area is 117 Å². The van der Waals surface area contributed by atoms with E-state index in [0.717, 1.165) is 0 Å². The summed E-state index contributed by atoms with van der Waals surface area (Å²) in [7, 11) is 0. The maximum Gasteiger partial charge on any atom is 0.339 e. The summed E-state index contributed by atoms with van der Waals surface area (Å²) in [4.78, 5) is 29.8. The van der Waals surface area contributed by atoms with Gasteiger partial charge in [-0.05, 0) is 35.0 Å². The predicted molar refractivity (Wildman–Crippen MR) is 72.4 cm³/mol. The van der Waals surface area contributed by atoms with E-state index in [0.29, 0.717) is 15.9 Å². The van der Waals surface area contributed by atoms with Crippen LogP contribution in [0.1, 0.15) is 26.4 Å². The van der Waals surface area contributed by atoms with Gasteiger partial charge in [-0.15, -0.1) is 0 Å². The second kappa shape index (κ2) is 5.23. The number of rotatable bonds is 3. The highest BCUT2D eigenvalue weighted by Gasteiger charge is 2.18.